The standard InChI is InChI=1S/C24H27N3O5/c1-26(23(30)10-15-5-6-16-12-22(29)25-20(16)9-15)21(14-27-8-7-19(28)13-27)17-3-2-4-18(11-17)24(31)32/h2-6,9,11,19,21,28H,7-8,10,12-14H2,1H3,(H,25,29)(H,31,32)/t19-,21-/m1/s1. The van der Waals surface area contributed by atoms with Crippen LogP contribution in [0.25, 0.3) is 0 Å². The molecule has 0 unspecified atom stereocenters. The van der Waals surface area contributed by atoms with Crippen LogP contribution in [-0.4, -0.2) is 70.6 Å². The van der Waals surface area contributed by atoms with Gasteiger partial charge in [0, 0.05) is 32.4 Å². The van der Waals surface area contributed by atoms with Crippen LogP contribution in [0.1, 0.15) is 39.5 Å². The number of anilines is 1. The number of likely N-dealkylation sites (tertiary alicyclic amines) is 1. The van der Waals surface area contributed by atoms with Crippen LogP contribution in [0, 0.1) is 0 Å². The van der Waals surface area contributed by atoms with Crippen molar-refractivity contribution in [1.29, 1.82) is 0 Å². The molecule has 1 fully saturated rings. The first-order chi connectivity index (χ1) is 15.3. The predicted octanol–water partition coefficient (Wildman–Crippen LogP) is 1.69. The van der Waals surface area contributed by atoms with Gasteiger partial charge in [0.15, 0.2) is 0 Å². The van der Waals surface area contributed by atoms with Gasteiger partial charge in [-0.05, 0) is 41.3 Å². The number of aliphatic hydroxyl groups is 1. The van der Waals surface area contributed by atoms with Crippen LogP contribution in [0.15, 0.2) is 42.5 Å². The van der Waals surface area contributed by atoms with Gasteiger partial charge in [0.25, 0.3) is 0 Å². The minimum absolute atomic E-state index is 0.0493. The van der Waals surface area contributed by atoms with Gasteiger partial charge in [0.05, 0.1) is 30.6 Å². The normalized spacial score (nSPS) is 18.8. The summed E-state index contributed by atoms with van der Waals surface area (Å²) in [6.07, 6.45) is 0.814. The lowest BCUT2D eigenvalue weighted by molar-refractivity contribution is -0.131. The molecule has 0 aliphatic carbocycles. The average Bonchev–Trinajstić information content (AvgIpc) is 3.35. The summed E-state index contributed by atoms with van der Waals surface area (Å²) < 4.78 is 0. The fourth-order valence-corrected chi connectivity index (χ4v) is 4.40. The third-order valence-electron chi connectivity index (χ3n) is 6.21. The number of β-amino-alcohol motifs (C(OH)–C–C–N with tert-alkyl or cyclic N) is 1. The summed E-state index contributed by atoms with van der Waals surface area (Å²) in [4.78, 5) is 40.0. The number of hydrogen-bond acceptors (Lipinski definition) is 5. The summed E-state index contributed by atoms with van der Waals surface area (Å²) in [5.41, 5.74) is 3.39. The first kappa shape index (κ1) is 22.0. The SMILES string of the molecule is CN(C(=O)Cc1ccc2c(c1)NC(=O)C2)[C@H](CN1CC[C@@H](O)C1)c1cccc(C(=O)O)c1. The van der Waals surface area contributed by atoms with Crippen molar-refractivity contribution in [2.45, 2.75) is 31.4 Å². The van der Waals surface area contributed by atoms with Crippen molar-refractivity contribution in [3.05, 3.63) is 64.7 Å². The first-order valence-electron chi connectivity index (χ1n) is 10.7. The van der Waals surface area contributed by atoms with E-state index in [2.05, 4.69) is 10.2 Å². The molecule has 0 aromatic heterocycles. The van der Waals surface area contributed by atoms with Crippen LogP contribution in [0.4, 0.5) is 5.69 Å². The van der Waals surface area contributed by atoms with Crippen molar-refractivity contribution in [1.82, 2.24) is 9.80 Å². The molecule has 3 N–H and O–H groups in total. The smallest absolute Gasteiger partial charge is 0.335 e. The fraction of sp³-hybridized carbons (Fsp3) is 0.375. The number of carboxylic acid groups (broad SMARTS) is 1. The van der Waals surface area contributed by atoms with E-state index < -0.39 is 5.97 Å². The van der Waals surface area contributed by atoms with Crippen molar-refractivity contribution >= 4 is 23.5 Å². The van der Waals surface area contributed by atoms with Crippen LogP contribution in [0.3, 0.4) is 0 Å². The Labute approximate surface area is 186 Å². The van der Waals surface area contributed by atoms with Gasteiger partial charge in [-0.2, -0.15) is 0 Å². The van der Waals surface area contributed by atoms with E-state index in [4.69, 9.17) is 0 Å². The van der Waals surface area contributed by atoms with Gasteiger partial charge < -0.3 is 20.4 Å². The Bertz CT molecular complexity index is 1050. The van der Waals surface area contributed by atoms with E-state index in [1.54, 1.807) is 24.1 Å². The second kappa shape index (κ2) is 9.10. The number of carboxylic acids is 1. The monoisotopic (exact) mass is 437 g/mol. The lowest BCUT2D eigenvalue weighted by atomic mass is 10.0. The number of benzene rings is 2. The quantitative estimate of drug-likeness (QED) is 0.608. The number of aliphatic hydroxyl groups excluding tert-OH is 1. The highest BCUT2D eigenvalue weighted by Crippen LogP contribution is 2.27. The maximum absolute atomic E-state index is 13.2. The third-order valence-corrected chi connectivity index (χ3v) is 6.21. The van der Waals surface area contributed by atoms with Crippen LogP contribution in [0.2, 0.25) is 0 Å². The Morgan fingerprint density at radius 1 is 1.25 bits per heavy atom. The molecule has 4 rings (SSSR count). The number of rotatable bonds is 7. The summed E-state index contributed by atoms with van der Waals surface area (Å²) in [5.74, 6) is -1.18. The van der Waals surface area contributed by atoms with Gasteiger partial charge in [-0.1, -0.05) is 24.3 Å². The zero-order valence-electron chi connectivity index (χ0n) is 18.0. The molecule has 2 aliphatic heterocycles. The third kappa shape index (κ3) is 4.81. The molecule has 2 atom stereocenters. The van der Waals surface area contributed by atoms with Crippen molar-refractivity contribution in [3.63, 3.8) is 0 Å². The Balaban J connectivity index is 1.55. The highest BCUT2D eigenvalue weighted by atomic mass is 16.4. The van der Waals surface area contributed by atoms with Crippen LogP contribution in [-0.2, 0) is 22.4 Å². The summed E-state index contributed by atoms with van der Waals surface area (Å²) in [6, 6.07) is 11.9. The van der Waals surface area contributed by atoms with Gasteiger partial charge in [0.1, 0.15) is 0 Å². The van der Waals surface area contributed by atoms with Gasteiger partial charge in [-0.15, -0.1) is 0 Å². The minimum Gasteiger partial charge on any atom is -0.478 e. The van der Waals surface area contributed by atoms with Crippen molar-refractivity contribution in [2.24, 2.45) is 0 Å². The van der Waals surface area contributed by atoms with Gasteiger partial charge in [-0.3, -0.25) is 14.5 Å². The van der Waals surface area contributed by atoms with E-state index in [-0.39, 0.29) is 35.9 Å². The highest BCUT2D eigenvalue weighted by Gasteiger charge is 2.29. The topological polar surface area (TPSA) is 110 Å². The maximum Gasteiger partial charge on any atom is 0.335 e. The number of amides is 2. The van der Waals surface area contributed by atoms with Crippen LogP contribution >= 0.6 is 0 Å². The Morgan fingerprint density at radius 3 is 2.78 bits per heavy atom. The summed E-state index contributed by atoms with van der Waals surface area (Å²) in [6.45, 7) is 1.76. The lowest BCUT2D eigenvalue weighted by Crippen LogP contribution is -2.39. The Hall–Kier alpha value is -3.23. The zero-order valence-corrected chi connectivity index (χ0v) is 18.0. The van der Waals surface area contributed by atoms with E-state index in [0.29, 0.717) is 25.9 Å². The maximum atomic E-state index is 13.2. The fourth-order valence-electron chi connectivity index (χ4n) is 4.40. The van der Waals surface area contributed by atoms with Crippen molar-refractivity contribution in [3.8, 4) is 0 Å². The molecule has 2 aliphatic rings. The first-order valence-corrected chi connectivity index (χ1v) is 10.7. The zero-order chi connectivity index (χ0) is 22.8. The van der Waals surface area contributed by atoms with Gasteiger partial charge >= 0.3 is 5.97 Å². The molecule has 1 saturated heterocycles. The van der Waals surface area contributed by atoms with E-state index in [9.17, 15) is 24.6 Å². The van der Waals surface area contributed by atoms with E-state index in [1.807, 2.05) is 24.3 Å². The van der Waals surface area contributed by atoms with E-state index in [1.165, 1.54) is 6.07 Å². The highest BCUT2D eigenvalue weighted by molar-refractivity contribution is 5.99. The Morgan fingerprint density at radius 2 is 2.06 bits per heavy atom. The number of carbonyl (C=O) groups excluding carboxylic acids is 2. The number of likely N-dealkylation sites (N-methyl/N-ethyl adjacent to an activating group) is 1. The second-order valence-electron chi connectivity index (χ2n) is 8.55. The van der Waals surface area contributed by atoms with E-state index in [0.717, 1.165) is 28.9 Å². The molecule has 8 nitrogen and oxygen atoms in total. The van der Waals surface area contributed by atoms with Crippen LogP contribution in [0.5, 0.6) is 0 Å². The van der Waals surface area contributed by atoms with Crippen molar-refractivity contribution < 1.29 is 24.6 Å². The summed E-state index contributed by atoms with van der Waals surface area (Å²) in [5, 5.41) is 22.1. The molecule has 2 aromatic carbocycles. The number of nitrogens with zero attached hydrogens (tertiary/aromatic N) is 2. The van der Waals surface area contributed by atoms with Gasteiger partial charge in [-0.25, -0.2) is 4.79 Å². The minimum atomic E-state index is -1.02. The molecule has 2 aromatic rings. The molecule has 0 spiro atoms. The predicted molar refractivity (Wildman–Crippen MR) is 118 cm³/mol. The average molecular weight is 437 g/mol. The Kier molecular flexibility index (Phi) is 6.25. The van der Waals surface area contributed by atoms with Crippen LogP contribution < -0.4 is 5.32 Å². The lowest BCUT2D eigenvalue weighted by Gasteiger charge is -2.32. The molecule has 32 heavy (non-hydrogen) atoms. The molecule has 0 radical (unpaired) electrons. The summed E-state index contributed by atoms with van der Waals surface area (Å²) >= 11 is 0. The molecule has 2 amide bonds. The molecule has 8 heteroatoms. The summed E-state index contributed by atoms with van der Waals surface area (Å²) in [7, 11) is 1.72. The molecule has 0 bridgehead atoms. The molecule has 2 heterocycles. The number of fused-ring (bicyclic) bond motifs is 1. The van der Waals surface area contributed by atoms with E-state index >= 15 is 0 Å². The number of carbonyl (C=O) groups is 3. The molecule has 0 saturated carbocycles. The largest absolute Gasteiger partial charge is 0.478 e. The second-order valence-corrected chi connectivity index (χ2v) is 8.55. The molecule has 168 valence electrons. The van der Waals surface area contributed by atoms with Crippen molar-refractivity contribution in [2.75, 3.05) is 32.0 Å². The number of aromatic carboxylic acids is 1. The molecular weight excluding hydrogens is 410 g/mol. The molecular formula is C24H27N3O5. The number of hydrogen-bond donors (Lipinski definition) is 3. The van der Waals surface area contributed by atoms with Gasteiger partial charge in [0.2, 0.25) is 11.8 Å². The number of nitrogens with one attached hydrogen (secondary N) is 1.